The van der Waals surface area contributed by atoms with Gasteiger partial charge in [-0.2, -0.15) is 0 Å². The molecule has 0 spiro atoms. The molecule has 1 aromatic carbocycles. The first-order valence-corrected chi connectivity index (χ1v) is 11.5. The summed E-state index contributed by atoms with van der Waals surface area (Å²) in [5.74, 6) is 0. The lowest BCUT2D eigenvalue weighted by molar-refractivity contribution is -0.918. The fraction of sp³-hybridized carbons (Fsp3) is 0.286. The van der Waals surface area contributed by atoms with Crippen LogP contribution in [-0.4, -0.2) is 45.4 Å². The maximum Gasteiger partial charge on any atom is 0.258 e. The number of hydrogen-bond donors (Lipinski definition) is 1. The van der Waals surface area contributed by atoms with Crippen LogP contribution in [0.4, 0.5) is 0 Å². The largest absolute Gasteiger partial charge is 0.328 e. The van der Waals surface area contributed by atoms with Gasteiger partial charge >= 0.3 is 0 Å². The monoisotopic (exact) mass is 424 g/mol. The van der Waals surface area contributed by atoms with E-state index in [1.165, 1.54) is 21.8 Å². The van der Waals surface area contributed by atoms with Gasteiger partial charge in [-0.25, -0.2) is 9.97 Å². The highest BCUT2D eigenvalue weighted by atomic mass is 32.1. The Morgan fingerprint density at radius 2 is 1.86 bits per heavy atom. The Hall–Kier alpha value is -2.39. The number of hydrogen-bond acceptors (Lipinski definition) is 6. The molecule has 0 bridgehead atoms. The molecule has 29 heavy (non-hydrogen) atoms. The van der Waals surface area contributed by atoms with E-state index < -0.39 is 0 Å². The molecular weight excluding hydrogens is 402 g/mol. The summed E-state index contributed by atoms with van der Waals surface area (Å²) in [6.07, 6.45) is 1.78. The normalized spacial score (nSPS) is 15.9. The van der Waals surface area contributed by atoms with Crippen LogP contribution in [0, 0.1) is 0 Å². The molecule has 1 aliphatic rings. The van der Waals surface area contributed by atoms with E-state index in [-0.39, 0.29) is 5.56 Å². The van der Waals surface area contributed by atoms with E-state index in [2.05, 4.69) is 39.5 Å². The van der Waals surface area contributed by atoms with Gasteiger partial charge in [-0.3, -0.25) is 14.1 Å². The maximum atomic E-state index is 12.2. The van der Waals surface area contributed by atoms with Crippen molar-refractivity contribution in [3.05, 3.63) is 75.1 Å². The van der Waals surface area contributed by atoms with Crippen molar-refractivity contribution in [2.75, 3.05) is 26.2 Å². The lowest BCUT2D eigenvalue weighted by Crippen LogP contribution is -3.13. The molecule has 5 rings (SSSR count). The van der Waals surface area contributed by atoms with Gasteiger partial charge in [0, 0.05) is 48.2 Å². The van der Waals surface area contributed by atoms with Gasteiger partial charge in [0.05, 0.1) is 18.8 Å². The third-order valence-electron chi connectivity index (χ3n) is 5.31. The Morgan fingerprint density at radius 1 is 1.03 bits per heavy atom. The molecule has 0 aliphatic carbocycles. The third kappa shape index (κ3) is 4.16. The minimum absolute atomic E-state index is 0.0158. The zero-order valence-electron chi connectivity index (χ0n) is 16.0. The SMILES string of the molecule is O=c1cc(C[NH+]2CCN(Cc3csc(-c4ccccc4)n3)CC2)nc2sccn12. The number of nitrogens with one attached hydrogen (secondary N) is 1. The number of rotatable bonds is 5. The van der Waals surface area contributed by atoms with Crippen LogP contribution in [0.15, 0.2) is 58.1 Å². The fourth-order valence-electron chi connectivity index (χ4n) is 3.76. The first-order valence-electron chi connectivity index (χ1n) is 9.76. The lowest BCUT2D eigenvalue weighted by atomic mass is 10.2. The third-order valence-corrected chi connectivity index (χ3v) is 7.01. The Bertz CT molecular complexity index is 1160. The lowest BCUT2D eigenvalue weighted by Gasteiger charge is -2.31. The molecule has 0 radical (unpaired) electrons. The summed E-state index contributed by atoms with van der Waals surface area (Å²) < 4.78 is 1.61. The summed E-state index contributed by atoms with van der Waals surface area (Å²) in [7, 11) is 0. The van der Waals surface area contributed by atoms with E-state index >= 15 is 0 Å². The molecule has 0 amide bonds. The van der Waals surface area contributed by atoms with Crippen LogP contribution < -0.4 is 10.5 Å². The highest BCUT2D eigenvalue weighted by molar-refractivity contribution is 7.15. The number of thiazole rings is 2. The average Bonchev–Trinajstić information content (AvgIpc) is 3.40. The molecule has 6 nitrogen and oxygen atoms in total. The van der Waals surface area contributed by atoms with Crippen LogP contribution in [0.5, 0.6) is 0 Å². The van der Waals surface area contributed by atoms with E-state index in [0.717, 1.165) is 60.6 Å². The molecule has 1 saturated heterocycles. The number of aromatic nitrogens is 3. The predicted molar refractivity (Wildman–Crippen MR) is 117 cm³/mol. The summed E-state index contributed by atoms with van der Waals surface area (Å²) in [5.41, 5.74) is 3.24. The van der Waals surface area contributed by atoms with Gasteiger partial charge in [0.25, 0.3) is 5.56 Å². The predicted octanol–water partition coefficient (Wildman–Crippen LogP) is 1.78. The van der Waals surface area contributed by atoms with Crippen molar-refractivity contribution < 1.29 is 4.90 Å². The van der Waals surface area contributed by atoms with Crippen molar-refractivity contribution in [1.29, 1.82) is 0 Å². The van der Waals surface area contributed by atoms with Crippen molar-refractivity contribution in [1.82, 2.24) is 19.3 Å². The summed E-state index contributed by atoms with van der Waals surface area (Å²) in [4.78, 5) is 26.4. The van der Waals surface area contributed by atoms with E-state index in [1.807, 2.05) is 11.4 Å². The number of nitrogens with zero attached hydrogens (tertiary/aromatic N) is 4. The quantitative estimate of drug-likeness (QED) is 0.531. The zero-order chi connectivity index (χ0) is 19.6. The van der Waals surface area contributed by atoms with Gasteiger partial charge in [0.15, 0.2) is 4.96 Å². The summed E-state index contributed by atoms with van der Waals surface area (Å²) in [6.45, 7) is 5.90. The van der Waals surface area contributed by atoms with Crippen molar-refractivity contribution in [2.45, 2.75) is 13.1 Å². The van der Waals surface area contributed by atoms with Gasteiger partial charge < -0.3 is 4.90 Å². The van der Waals surface area contributed by atoms with Gasteiger partial charge in [-0.15, -0.1) is 22.7 Å². The van der Waals surface area contributed by atoms with E-state index in [4.69, 9.17) is 4.98 Å². The van der Waals surface area contributed by atoms with Crippen LogP contribution in [0.2, 0.25) is 0 Å². The molecule has 0 atom stereocenters. The maximum absolute atomic E-state index is 12.2. The van der Waals surface area contributed by atoms with Gasteiger partial charge in [0.1, 0.15) is 17.2 Å². The molecule has 148 valence electrons. The van der Waals surface area contributed by atoms with E-state index in [0.29, 0.717) is 0 Å². The van der Waals surface area contributed by atoms with Crippen LogP contribution in [-0.2, 0) is 13.1 Å². The van der Waals surface area contributed by atoms with Crippen molar-refractivity contribution >= 4 is 27.6 Å². The Morgan fingerprint density at radius 3 is 2.69 bits per heavy atom. The standard InChI is InChI=1S/C21H21N5OS2/c27-19-12-17(23-21-26(19)10-11-28-21)13-24-6-8-25(9-7-24)14-18-15-29-20(22-18)16-4-2-1-3-5-16/h1-5,10-12,15H,6-9,13-14H2/p+1. The molecular formula is C21H22N5OS2+. The van der Waals surface area contributed by atoms with E-state index in [1.54, 1.807) is 28.0 Å². The first kappa shape index (κ1) is 18.6. The Balaban J connectivity index is 1.17. The number of quaternary nitrogens is 1. The van der Waals surface area contributed by atoms with Gasteiger partial charge in [-0.05, 0) is 0 Å². The molecule has 3 aromatic heterocycles. The Kier molecular flexibility index (Phi) is 5.24. The molecule has 0 saturated carbocycles. The molecule has 4 aromatic rings. The molecule has 1 aliphatic heterocycles. The second kappa shape index (κ2) is 8.16. The summed E-state index contributed by atoms with van der Waals surface area (Å²) >= 11 is 3.22. The van der Waals surface area contributed by atoms with Crippen LogP contribution in [0.3, 0.4) is 0 Å². The number of fused-ring (bicyclic) bond motifs is 1. The molecule has 1 N–H and O–H groups in total. The second-order valence-corrected chi connectivity index (χ2v) is 9.09. The fourth-order valence-corrected chi connectivity index (χ4v) is 5.32. The zero-order valence-corrected chi connectivity index (χ0v) is 17.6. The highest BCUT2D eigenvalue weighted by Crippen LogP contribution is 2.23. The topological polar surface area (TPSA) is 54.9 Å². The van der Waals surface area contributed by atoms with Crippen molar-refractivity contribution in [3.8, 4) is 10.6 Å². The smallest absolute Gasteiger partial charge is 0.258 e. The summed E-state index contributed by atoms with van der Waals surface area (Å²) in [6, 6.07) is 12.0. The average molecular weight is 425 g/mol. The number of piperazine rings is 1. The highest BCUT2D eigenvalue weighted by Gasteiger charge is 2.22. The van der Waals surface area contributed by atoms with Crippen molar-refractivity contribution in [3.63, 3.8) is 0 Å². The Labute approximate surface area is 176 Å². The van der Waals surface area contributed by atoms with Gasteiger partial charge in [0.2, 0.25) is 0 Å². The van der Waals surface area contributed by atoms with Crippen molar-refractivity contribution in [2.24, 2.45) is 0 Å². The molecule has 1 fully saturated rings. The minimum Gasteiger partial charge on any atom is -0.328 e. The van der Waals surface area contributed by atoms with Gasteiger partial charge in [-0.1, -0.05) is 30.3 Å². The molecule has 4 heterocycles. The van der Waals surface area contributed by atoms with Crippen LogP contribution in [0.25, 0.3) is 15.5 Å². The second-order valence-electron chi connectivity index (χ2n) is 7.35. The molecule has 8 heteroatoms. The first-order chi connectivity index (χ1) is 14.2. The summed E-state index contributed by atoms with van der Waals surface area (Å²) in [5, 5.41) is 5.17. The minimum atomic E-state index is 0.0158. The number of benzene rings is 1. The van der Waals surface area contributed by atoms with E-state index in [9.17, 15) is 4.79 Å². The van der Waals surface area contributed by atoms with Crippen LogP contribution in [0.1, 0.15) is 11.4 Å². The molecule has 0 unspecified atom stereocenters. The van der Waals surface area contributed by atoms with Crippen LogP contribution >= 0.6 is 22.7 Å².